The quantitative estimate of drug-likeness (QED) is 0.713. The Kier molecular flexibility index (Phi) is 6.38. The van der Waals surface area contributed by atoms with Gasteiger partial charge < -0.3 is 20.1 Å². The second-order valence-corrected chi connectivity index (χ2v) is 4.18. The highest BCUT2D eigenvalue weighted by atomic mass is 16.5. The molecule has 0 bridgehead atoms. The molecule has 6 nitrogen and oxygen atoms in total. The van der Waals surface area contributed by atoms with Gasteiger partial charge >= 0.3 is 0 Å². The number of hydrogen-bond acceptors (Lipinski definition) is 6. The van der Waals surface area contributed by atoms with Crippen molar-refractivity contribution >= 4 is 11.6 Å². The summed E-state index contributed by atoms with van der Waals surface area (Å²) in [6.45, 7) is 3.73. The van der Waals surface area contributed by atoms with Crippen LogP contribution in [0.3, 0.4) is 0 Å². The molecule has 1 aromatic rings. The Hall–Kier alpha value is -1.40. The number of nitrogens with one attached hydrogen (secondary N) is 1. The van der Waals surface area contributed by atoms with Crippen LogP contribution in [0.1, 0.15) is 13.3 Å². The van der Waals surface area contributed by atoms with Gasteiger partial charge in [0.2, 0.25) is 0 Å². The standard InChI is InChI=1S/C12H22N4O2/c1-4-5-14-11-6-13-7-12(15-11)16(2)8-10(17)9-18-3/h6-7,10,17H,4-5,8-9H2,1-3H3,(H,14,15). The number of ether oxygens (including phenoxy) is 1. The molecule has 1 atom stereocenters. The van der Waals surface area contributed by atoms with Gasteiger partial charge in [-0.1, -0.05) is 6.92 Å². The van der Waals surface area contributed by atoms with Crippen LogP contribution in [0, 0.1) is 0 Å². The van der Waals surface area contributed by atoms with E-state index in [0.29, 0.717) is 13.2 Å². The van der Waals surface area contributed by atoms with Crippen molar-refractivity contribution in [2.75, 3.05) is 44.1 Å². The molecule has 2 N–H and O–H groups in total. The second kappa shape index (κ2) is 7.84. The van der Waals surface area contributed by atoms with Gasteiger partial charge in [0.1, 0.15) is 11.6 Å². The minimum absolute atomic E-state index is 0.311. The number of methoxy groups -OCH3 is 1. The van der Waals surface area contributed by atoms with E-state index in [-0.39, 0.29) is 0 Å². The van der Waals surface area contributed by atoms with Gasteiger partial charge in [-0.05, 0) is 6.42 Å². The Morgan fingerprint density at radius 1 is 1.50 bits per heavy atom. The zero-order chi connectivity index (χ0) is 13.4. The topological polar surface area (TPSA) is 70.5 Å². The van der Waals surface area contributed by atoms with Crippen LogP contribution < -0.4 is 10.2 Å². The molecule has 1 unspecified atom stereocenters. The maximum absolute atomic E-state index is 9.66. The number of aliphatic hydroxyl groups excluding tert-OH is 1. The number of aromatic nitrogens is 2. The smallest absolute Gasteiger partial charge is 0.149 e. The largest absolute Gasteiger partial charge is 0.389 e. The highest BCUT2D eigenvalue weighted by Crippen LogP contribution is 2.11. The fraction of sp³-hybridized carbons (Fsp3) is 0.667. The average molecular weight is 254 g/mol. The number of hydrogen-bond donors (Lipinski definition) is 2. The zero-order valence-electron chi connectivity index (χ0n) is 11.3. The Morgan fingerprint density at radius 2 is 2.28 bits per heavy atom. The van der Waals surface area contributed by atoms with Gasteiger partial charge in [-0.3, -0.25) is 4.98 Å². The molecule has 0 aromatic carbocycles. The first-order valence-corrected chi connectivity index (χ1v) is 6.11. The third-order valence-electron chi connectivity index (χ3n) is 2.41. The molecule has 102 valence electrons. The Labute approximate surface area is 108 Å². The lowest BCUT2D eigenvalue weighted by atomic mass is 10.3. The normalized spacial score (nSPS) is 12.2. The van der Waals surface area contributed by atoms with E-state index in [1.165, 1.54) is 0 Å². The van der Waals surface area contributed by atoms with Gasteiger partial charge in [0.05, 0.1) is 25.1 Å². The summed E-state index contributed by atoms with van der Waals surface area (Å²) < 4.78 is 4.89. The highest BCUT2D eigenvalue weighted by molar-refractivity contribution is 5.43. The van der Waals surface area contributed by atoms with E-state index in [9.17, 15) is 5.11 Å². The van der Waals surface area contributed by atoms with E-state index in [2.05, 4.69) is 22.2 Å². The van der Waals surface area contributed by atoms with Crippen LogP contribution >= 0.6 is 0 Å². The van der Waals surface area contributed by atoms with Crippen LogP contribution in [0.4, 0.5) is 11.6 Å². The predicted molar refractivity (Wildman–Crippen MR) is 72.0 cm³/mol. The summed E-state index contributed by atoms with van der Waals surface area (Å²) in [5.74, 6) is 1.48. The fourth-order valence-electron chi connectivity index (χ4n) is 1.53. The van der Waals surface area contributed by atoms with Crippen LogP contribution in [0.15, 0.2) is 12.4 Å². The van der Waals surface area contributed by atoms with Crippen LogP contribution in [-0.4, -0.2) is 55.0 Å². The van der Waals surface area contributed by atoms with Crippen LogP contribution in [0.25, 0.3) is 0 Å². The number of aliphatic hydroxyl groups is 1. The van der Waals surface area contributed by atoms with Gasteiger partial charge in [0.25, 0.3) is 0 Å². The lowest BCUT2D eigenvalue weighted by molar-refractivity contribution is 0.0694. The lowest BCUT2D eigenvalue weighted by Crippen LogP contribution is -2.32. The summed E-state index contributed by atoms with van der Waals surface area (Å²) in [6.07, 6.45) is 3.87. The summed E-state index contributed by atoms with van der Waals surface area (Å²) in [5, 5.41) is 12.8. The van der Waals surface area contributed by atoms with Crippen molar-refractivity contribution < 1.29 is 9.84 Å². The van der Waals surface area contributed by atoms with Crippen molar-refractivity contribution in [2.45, 2.75) is 19.4 Å². The van der Waals surface area contributed by atoms with E-state index in [4.69, 9.17) is 4.74 Å². The zero-order valence-corrected chi connectivity index (χ0v) is 11.3. The molecular weight excluding hydrogens is 232 g/mol. The van der Waals surface area contributed by atoms with E-state index in [0.717, 1.165) is 24.6 Å². The average Bonchev–Trinajstić information content (AvgIpc) is 2.37. The van der Waals surface area contributed by atoms with Gasteiger partial charge in [-0.2, -0.15) is 0 Å². The van der Waals surface area contributed by atoms with Crippen molar-refractivity contribution in [3.63, 3.8) is 0 Å². The molecule has 0 spiro atoms. The molecule has 0 saturated heterocycles. The van der Waals surface area contributed by atoms with E-state index < -0.39 is 6.10 Å². The Morgan fingerprint density at radius 3 is 2.94 bits per heavy atom. The number of rotatable bonds is 8. The first kappa shape index (κ1) is 14.7. The van der Waals surface area contributed by atoms with Gasteiger partial charge in [0, 0.05) is 27.2 Å². The van der Waals surface area contributed by atoms with E-state index in [1.54, 1.807) is 19.5 Å². The monoisotopic (exact) mass is 254 g/mol. The summed E-state index contributed by atoms with van der Waals surface area (Å²) in [4.78, 5) is 10.4. The third-order valence-corrected chi connectivity index (χ3v) is 2.41. The Balaban J connectivity index is 2.58. The molecule has 0 radical (unpaired) electrons. The first-order valence-electron chi connectivity index (χ1n) is 6.11. The van der Waals surface area contributed by atoms with Crippen LogP contribution in [0.2, 0.25) is 0 Å². The molecular formula is C12H22N4O2. The van der Waals surface area contributed by atoms with Gasteiger partial charge in [-0.15, -0.1) is 0 Å². The lowest BCUT2D eigenvalue weighted by Gasteiger charge is -2.21. The second-order valence-electron chi connectivity index (χ2n) is 4.18. The first-order chi connectivity index (χ1) is 8.67. The molecule has 0 fully saturated rings. The number of nitrogens with zero attached hydrogens (tertiary/aromatic N) is 3. The maximum atomic E-state index is 9.66. The molecule has 18 heavy (non-hydrogen) atoms. The van der Waals surface area contributed by atoms with Crippen molar-refractivity contribution in [1.82, 2.24) is 9.97 Å². The number of anilines is 2. The maximum Gasteiger partial charge on any atom is 0.149 e. The highest BCUT2D eigenvalue weighted by Gasteiger charge is 2.10. The number of likely N-dealkylation sites (N-methyl/N-ethyl adjacent to an activating group) is 1. The van der Waals surface area contributed by atoms with Crippen LogP contribution in [0.5, 0.6) is 0 Å². The van der Waals surface area contributed by atoms with Gasteiger partial charge in [0.15, 0.2) is 0 Å². The van der Waals surface area contributed by atoms with Crippen molar-refractivity contribution in [2.24, 2.45) is 0 Å². The summed E-state index contributed by atoms with van der Waals surface area (Å²) in [7, 11) is 3.44. The predicted octanol–water partition coefficient (Wildman–Crippen LogP) is 0.742. The molecule has 1 aromatic heterocycles. The summed E-state index contributed by atoms with van der Waals surface area (Å²) in [6, 6.07) is 0. The Bertz CT molecular complexity index is 349. The van der Waals surface area contributed by atoms with Crippen molar-refractivity contribution in [3.8, 4) is 0 Å². The van der Waals surface area contributed by atoms with Crippen molar-refractivity contribution in [1.29, 1.82) is 0 Å². The molecule has 6 heteroatoms. The third kappa shape index (κ3) is 4.85. The minimum atomic E-state index is -0.533. The molecule has 1 heterocycles. The molecule has 0 aliphatic rings. The molecule has 0 saturated carbocycles. The SMILES string of the molecule is CCCNc1cncc(N(C)CC(O)COC)n1. The molecule has 0 aliphatic heterocycles. The van der Waals surface area contributed by atoms with Crippen LogP contribution in [-0.2, 0) is 4.74 Å². The molecule has 0 amide bonds. The van der Waals surface area contributed by atoms with Crippen molar-refractivity contribution in [3.05, 3.63) is 12.4 Å². The fourth-order valence-corrected chi connectivity index (χ4v) is 1.53. The minimum Gasteiger partial charge on any atom is -0.389 e. The summed E-state index contributed by atoms with van der Waals surface area (Å²) >= 11 is 0. The molecule has 0 aliphatic carbocycles. The van der Waals surface area contributed by atoms with E-state index in [1.807, 2.05) is 11.9 Å². The van der Waals surface area contributed by atoms with Gasteiger partial charge in [-0.25, -0.2) is 4.98 Å². The molecule has 1 rings (SSSR count). The van der Waals surface area contributed by atoms with E-state index >= 15 is 0 Å². The summed E-state index contributed by atoms with van der Waals surface area (Å²) in [5.41, 5.74) is 0.